The van der Waals surface area contributed by atoms with E-state index < -0.39 is 0 Å². The van der Waals surface area contributed by atoms with Gasteiger partial charge in [0.2, 0.25) is 5.91 Å². The van der Waals surface area contributed by atoms with Gasteiger partial charge >= 0.3 is 0 Å². The van der Waals surface area contributed by atoms with E-state index in [1.54, 1.807) is 13.2 Å². The van der Waals surface area contributed by atoms with Crippen molar-refractivity contribution < 1.29 is 14.3 Å². The summed E-state index contributed by atoms with van der Waals surface area (Å²) in [6.45, 7) is 5.22. The Balaban J connectivity index is 1.70. The zero-order chi connectivity index (χ0) is 18.8. The summed E-state index contributed by atoms with van der Waals surface area (Å²) in [5.74, 6) is 0.632. The molecular weight excluding hydrogens is 326 g/mol. The number of nitrogens with one attached hydrogen (secondary N) is 1. The molecule has 1 amide bonds. The molecular formula is C22H27NO3. The van der Waals surface area contributed by atoms with Gasteiger partial charge in [-0.1, -0.05) is 42.0 Å². The quantitative estimate of drug-likeness (QED) is 0.540. The third-order valence-corrected chi connectivity index (χ3v) is 4.06. The molecule has 1 unspecified atom stereocenters. The van der Waals surface area contributed by atoms with Crippen molar-refractivity contribution in [3.63, 3.8) is 0 Å². The van der Waals surface area contributed by atoms with Crippen LogP contribution >= 0.6 is 0 Å². The largest absolute Gasteiger partial charge is 0.496 e. The van der Waals surface area contributed by atoms with Crippen LogP contribution in [0.1, 0.15) is 36.1 Å². The van der Waals surface area contributed by atoms with Crippen LogP contribution in [0.5, 0.6) is 5.75 Å². The zero-order valence-electron chi connectivity index (χ0n) is 15.7. The summed E-state index contributed by atoms with van der Waals surface area (Å²) in [4.78, 5) is 11.9. The first-order chi connectivity index (χ1) is 12.6. The van der Waals surface area contributed by atoms with E-state index in [2.05, 4.69) is 17.4 Å². The lowest BCUT2D eigenvalue weighted by atomic mass is 10.1. The molecule has 0 heterocycles. The molecule has 0 spiro atoms. The Morgan fingerprint density at radius 1 is 1.19 bits per heavy atom. The minimum atomic E-state index is -0.121. The third kappa shape index (κ3) is 6.37. The number of amides is 1. The Kier molecular flexibility index (Phi) is 7.90. The maximum atomic E-state index is 11.9. The van der Waals surface area contributed by atoms with Gasteiger partial charge in [0.25, 0.3) is 0 Å². The van der Waals surface area contributed by atoms with Crippen LogP contribution < -0.4 is 10.1 Å². The number of aryl methyl sites for hydroxylation is 1. The number of benzene rings is 2. The average Bonchev–Trinajstić information content (AvgIpc) is 2.66. The van der Waals surface area contributed by atoms with E-state index in [9.17, 15) is 4.79 Å². The third-order valence-electron chi connectivity index (χ3n) is 4.06. The molecule has 4 heteroatoms. The van der Waals surface area contributed by atoms with Gasteiger partial charge in [0, 0.05) is 24.8 Å². The molecule has 4 nitrogen and oxygen atoms in total. The van der Waals surface area contributed by atoms with Gasteiger partial charge in [0.05, 0.1) is 13.2 Å². The second kappa shape index (κ2) is 10.4. The number of carbonyl (C=O) groups excluding carboxylic acids is 1. The summed E-state index contributed by atoms with van der Waals surface area (Å²) < 4.78 is 11.1. The average molecular weight is 353 g/mol. The summed E-state index contributed by atoms with van der Waals surface area (Å²) in [6.07, 6.45) is 4.13. The lowest BCUT2D eigenvalue weighted by Crippen LogP contribution is -2.23. The molecule has 0 bridgehead atoms. The Bertz CT molecular complexity index is 725. The minimum Gasteiger partial charge on any atom is -0.496 e. The Hall–Kier alpha value is -2.59. The minimum absolute atomic E-state index is 0.0561. The van der Waals surface area contributed by atoms with Gasteiger partial charge in [0.1, 0.15) is 5.75 Å². The fourth-order valence-corrected chi connectivity index (χ4v) is 2.57. The van der Waals surface area contributed by atoms with Crippen LogP contribution in [0.4, 0.5) is 0 Å². The molecule has 1 atom stereocenters. The highest BCUT2D eigenvalue weighted by atomic mass is 16.5. The number of hydrogen-bond donors (Lipinski definition) is 1. The number of ether oxygens (including phenoxy) is 2. The number of rotatable bonds is 9. The van der Waals surface area contributed by atoms with Crippen molar-refractivity contribution in [3.8, 4) is 5.75 Å². The number of carbonyl (C=O) groups is 1. The predicted molar refractivity (Wildman–Crippen MR) is 105 cm³/mol. The monoisotopic (exact) mass is 353 g/mol. The van der Waals surface area contributed by atoms with E-state index in [0.29, 0.717) is 13.2 Å². The maximum absolute atomic E-state index is 11.9. The highest BCUT2D eigenvalue weighted by Crippen LogP contribution is 2.20. The lowest BCUT2D eigenvalue weighted by Gasteiger charge is -2.13. The first-order valence-corrected chi connectivity index (χ1v) is 8.87. The van der Waals surface area contributed by atoms with E-state index in [1.165, 1.54) is 6.08 Å². The van der Waals surface area contributed by atoms with Crippen LogP contribution in [0.3, 0.4) is 0 Å². The van der Waals surface area contributed by atoms with Crippen LogP contribution in [0.25, 0.3) is 6.08 Å². The van der Waals surface area contributed by atoms with Gasteiger partial charge in [-0.3, -0.25) is 4.79 Å². The topological polar surface area (TPSA) is 47.6 Å². The van der Waals surface area contributed by atoms with Crippen LogP contribution in [0.15, 0.2) is 54.6 Å². The summed E-state index contributed by atoms with van der Waals surface area (Å²) in [5, 5.41) is 2.87. The Labute approximate surface area is 155 Å². The van der Waals surface area contributed by atoms with Crippen molar-refractivity contribution in [3.05, 3.63) is 71.3 Å². The van der Waals surface area contributed by atoms with Crippen LogP contribution in [0, 0.1) is 6.92 Å². The second-order valence-corrected chi connectivity index (χ2v) is 6.15. The molecule has 0 saturated carbocycles. The Morgan fingerprint density at radius 3 is 2.69 bits per heavy atom. The van der Waals surface area contributed by atoms with Crippen molar-refractivity contribution in [2.45, 2.75) is 26.4 Å². The first-order valence-electron chi connectivity index (χ1n) is 8.87. The second-order valence-electron chi connectivity index (χ2n) is 6.15. The molecule has 0 aliphatic rings. The highest BCUT2D eigenvalue weighted by molar-refractivity contribution is 5.92. The first kappa shape index (κ1) is 19.7. The molecule has 1 N–H and O–H groups in total. The number of methoxy groups -OCH3 is 1. The van der Waals surface area contributed by atoms with Gasteiger partial charge < -0.3 is 14.8 Å². The van der Waals surface area contributed by atoms with Gasteiger partial charge in [-0.15, -0.1) is 0 Å². The molecule has 0 aliphatic heterocycles. The highest BCUT2D eigenvalue weighted by Gasteiger charge is 2.04. The molecule has 138 valence electrons. The van der Waals surface area contributed by atoms with Crippen molar-refractivity contribution >= 4 is 12.0 Å². The van der Waals surface area contributed by atoms with Crippen molar-refractivity contribution in [2.75, 3.05) is 20.3 Å². The molecule has 0 radical (unpaired) electrons. The van der Waals surface area contributed by atoms with Crippen molar-refractivity contribution in [1.82, 2.24) is 5.32 Å². The van der Waals surface area contributed by atoms with E-state index >= 15 is 0 Å². The number of hydrogen-bond acceptors (Lipinski definition) is 3. The molecule has 0 saturated heterocycles. The fourth-order valence-electron chi connectivity index (χ4n) is 2.57. The Morgan fingerprint density at radius 2 is 1.96 bits per heavy atom. The van der Waals surface area contributed by atoms with Crippen molar-refractivity contribution in [1.29, 1.82) is 0 Å². The van der Waals surface area contributed by atoms with Crippen LogP contribution in [-0.2, 0) is 9.53 Å². The van der Waals surface area contributed by atoms with E-state index in [1.807, 2.05) is 50.2 Å². The fraction of sp³-hybridized carbons (Fsp3) is 0.318. The summed E-state index contributed by atoms with van der Waals surface area (Å²) in [7, 11) is 1.62. The summed E-state index contributed by atoms with van der Waals surface area (Å²) in [5.41, 5.74) is 3.17. The van der Waals surface area contributed by atoms with Gasteiger partial charge in [-0.05, 0) is 44.0 Å². The van der Waals surface area contributed by atoms with E-state index in [-0.39, 0.29) is 12.0 Å². The van der Waals surface area contributed by atoms with Gasteiger partial charge in [0.15, 0.2) is 0 Å². The smallest absolute Gasteiger partial charge is 0.244 e. The van der Waals surface area contributed by atoms with Crippen LogP contribution in [-0.4, -0.2) is 26.2 Å². The zero-order valence-corrected chi connectivity index (χ0v) is 15.7. The van der Waals surface area contributed by atoms with Gasteiger partial charge in [-0.25, -0.2) is 0 Å². The molecule has 2 aromatic rings. The molecule has 0 aliphatic carbocycles. The molecule has 0 aromatic heterocycles. The maximum Gasteiger partial charge on any atom is 0.244 e. The standard InChI is InChI=1S/C22H27NO3/c1-17-10-12-21(25-3)20(16-17)11-13-22(24)23-14-7-15-26-18(2)19-8-5-4-6-9-19/h4-6,8-13,16,18H,7,14-15H2,1-3H3,(H,23,24)/b13-11+. The summed E-state index contributed by atoms with van der Waals surface area (Å²) in [6, 6.07) is 16.0. The normalized spacial score (nSPS) is 12.1. The summed E-state index contributed by atoms with van der Waals surface area (Å²) >= 11 is 0. The molecule has 0 fully saturated rings. The van der Waals surface area contributed by atoms with E-state index in [4.69, 9.17) is 9.47 Å². The van der Waals surface area contributed by atoms with Crippen molar-refractivity contribution in [2.24, 2.45) is 0 Å². The SMILES string of the molecule is COc1ccc(C)cc1/C=C/C(=O)NCCCOC(C)c1ccccc1. The molecule has 2 aromatic carbocycles. The molecule has 2 rings (SSSR count). The van der Waals surface area contributed by atoms with Crippen LogP contribution in [0.2, 0.25) is 0 Å². The van der Waals surface area contributed by atoms with E-state index in [0.717, 1.165) is 28.9 Å². The van der Waals surface area contributed by atoms with Gasteiger partial charge in [-0.2, -0.15) is 0 Å². The molecule has 26 heavy (non-hydrogen) atoms. The lowest BCUT2D eigenvalue weighted by molar-refractivity contribution is -0.116. The predicted octanol–water partition coefficient (Wildman–Crippen LogP) is 4.30.